The normalized spacial score (nSPS) is 20.7. The Kier molecular flexibility index (Phi) is 4.75. The van der Waals surface area contributed by atoms with E-state index in [-0.39, 0.29) is 12.4 Å². The largest absolute Gasteiger partial charge is 0.354 e. The van der Waals surface area contributed by atoms with Gasteiger partial charge in [0.15, 0.2) is 11.6 Å². The number of anilines is 1. The minimum Gasteiger partial charge on any atom is -0.354 e. The highest BCUT2D eigenvalue weighted by Gasteiger charge is 2.22. The van der Waals surface area contributed by atoms with Gasteiger partial charge in [0, 0.05) is 31.4 Å². The second kappa shape index (κ2) is 6.33. The fourth-order valence-electron chi connectivity index (χ4n) is 2.85. The second-order valence-electron chi connectivity index (χ2n) is 5.73. The van der Waals surface area contributed by atoms with Crippen LogP contribution in [0.4, 0.5) is 10.2 Å². The van der Waals surface area contributed by atoms with Crippen LogP contribution in [0.5, 0.6) is 0 Å². The van der Waals surface area contributed by atoms with Gasteiger partial charge in [-0.2, -0.15) is 0 Å². The van der Waals surface area contributed by atoms with Crippen molar-refractivity contribution in [3.05, 3.63) is 23.6 Å². The second-order valence-corrected chi connectivity index (χ2v) is 5.73. The van der Waals surface area contributed by atoms with E-state index in [0.29, 0.717) is 17.3 Å². The lowest BCUT2D eigenvalue weighted by Gasteiger charge is -2.23. The van der Waals surface area contributed by atoms with Crippen LogP contribution in [0.25, 0.3) is 0 Å². The lowest BCUT2D eigenvalue weighted by atomic mass is 9.89. The molecule has 106 valence electrons. The minimum absolute atomic E-state index is 0.226. The summed E-state index contributed by atoms with van der Waals surface area (Å²) >= 11 is 0. The monoisotopic (exact) mass is 265 g/mol. The van der Waals surface area contributed by atoms with Gasteiger partial charge in [0.25, 0.3) is 0 Å². The van der Waals surface area contributed by atoms with E-state index in [1.54, 1.807) is 12.3 Å². The number of hydrogen-bond donors (Lipinski definition) is 1. The van der Waals surface area contributed by atoms with Crippen molar-refractivity contribution in [3.8, 4) is 0 Å². The van der Waals surface area contributed by atoms with Gasteiger partial charge in [0.05, 0.1) is 0 Å². The molecule has 19 heavy (non-hydrogen) atoms. The van der Waals surface area contributed by atoms with Crippen LogP contribution < -0.4 is 10.6 Å². The topological polar surface area (TPSA) is 42.2 Å². The van der Waals surface area contributed by atoms with Crippen LogP contribution in [0, 0.1) is 17.7 Å². The van der Waals surface area contributed by atoms with E-state index in [2.05, 4.69) is 23.7 Å². The Hall–Kier alpha value is -1.16. The zero-order valence-corrected chi connectivity index (χ0v) is 11.9. The third-order valence-corrected chi connectivity index (χ3v) is 4.19. The molecule has 0 bridgehead atoms. The molecule has 0 amide bonds. The van der Waals surface area contributed by atoms with Crippen molar-refractivity contribution in [2.75, 3.05) is 18.0 Å². The Labute approximate surface area is 115 Å². The van der Waals surface area contributed by atoms with Gasteiger partial charge in [0.2, 0.25) is 0 Å². The third kappa shape index (κ3) is 3.24. The molecule has 4 heteroatoms. The smallest absolute Gasteiger partial charge is 0.170 e. The molecule has 1 aliphatic heterocycles. The van der Waals surface area contributed by atoms with E-state index in [9.17, 15) is 4.39 Å². The summed E-state index contributed by atoms with van der Waals surface area (Å²) < 4.78 is 14.3. The molecule has 1 aromatic heterocycles. The maximum atomic E-state index is 14.3. The molecule has 0 saturated carbocycles. The first-order valence-electron chi connectivity index (χ1n) is 7.22. The molecule has 0 aliphatic carbocycles. The number of nitrogens with zero attached hydrogens (tertiary/aromatic N) is 2. The number of halogens is 1. The van der Waals surface area contributed by atoms with Gasteiger partial charge in [0.1, 0.15) is 0 Å². The standard InChI is InChI=1S/C15H24FN3/c1-11(2)12-4-3-8-19(9-6-12)15-14(16)13(10-17)5-7-18-15/h5,7,11-12H,3-4,6,8-10,17H2,1-2H3. The van der Waals surface area contributed by atoms with Gasteiger partial charge in [-0.05, 0) is 37.2 Å². The van der Waals surface area contributed by atoms with E-state index in [1.165, 1.54) is 6.42 Å². The maximum Gasteiger partial charge on any atom is 0.170 e. The molecule has 1 fully saturated rings. The Morgan fingerprint density at radius 2 is 2.21 bits per heavy atom. The number of hydrogen-bond acceptors (Lipinski definition) is 3. The Balaban J connectivity index is 2.14. The van der Waals surface area contributed by atoms with E-state index in [0.717, 1.165) is 31.8 Å². The van der Waals surface area contributed by atoms with Crippen molar-refractivity contribution < 1.29 is 4.39 Å². The predicted molar refractivity (Wildman–Crippen MR) is 76.5 cm³/mol. The van der Waals surface area contributed by atoms with E-state index >= 15 is 0 Å². The fourth-order valence-corrected chi connectivity index (χ4v) is 2.85. The van der Waals surface area contributed by atoms with Crippen molar-refractivity contribution in [2.24, 2.45) is 17.6 Å². The maximum absolute atomic E-state index is 14.3. The Bertz CT molecular complexity index is 420. The summed E-state index contributed by atoms with van der Waals surface area (Å²) in [5.41, 5.74) is 6.11. The third-order valence-electron chi connectivity index (χ3n) is 4.19. The summed E-state index contributed by atoms with van der Waals surface area (Å²) in [6, 6.07) is 1.66. The Morgan fingerprint density at radius 1 is 1.42 bits per heavy atom. The van der Waals surface area contributed by atoms with E-state index in [4.69, 9.17) is 5.73 Å². The summed E-state index contributed by atoms with van der Waals surface area (Å²) in [6.07, 6.45) is 5.11. The van der Waals surface area contributed by atoms with E-state index in [1.807, 2.05) is 0 Å². The van der Waals surface area contributed by atoms with Gasteiger partial charge in [-0.25, -0.2) is 9.37 Å². The molecule has 1 aliphatic rings. The van der Waals surface area contributed by atoms with E-state index < -0.39 is 0 Å². The molecule has 0 spiro atoms. The first kappa shape index (κ1) is 14.3. The minimum atomic E-state index is -0.243. The molecule has 3 nitrogen and oxygen atoms in total. The summed E-state index contributed by atoms with van der Waals surface area (Å²) in [4.78, 5) is 6.30. The summed E-state index contributed by atoms with van der Waals surface area (Å²) in [7, 11) is 0. The van der Waals surface area contributed by atoms with Crippen LogP contribution in [0.3, 0.4) is 0 Å². The van der Waals surface area contributed by atoms with Crippen LogP contribution in [0.1, 0.15) is 38.7 Å². The molecule has 0 radical (unpaired) electrons. The van der Waals surface area contributed by atoms with Crippen molar-refractivity contribution in [3.63, 3.8) is 0 Å². The highest BCUT2D eigenvalue weighted by atomic mass is 19.1. The molecule has 1 saturated heterocycles. The lowest BCUT2D eigenvalue weighted by Crippen LogP contribution is -2.27. The number of nitrogens with two attached hydrogens (primary N) is 1. The van der Waals surface area contributed by atoms with Crippen LogP contribution in [-0.2, 0) is 6.54 Å². The first-order valence-corrected chi connectivity index (χ1v) is 7.22. The van der Waals surface area contributed by atoms with Crippen LogP contribution in [0.2, 0.25) is 0 Å². The first-order chi connectivity index (χ1) is 9.13. The molecule has 2 N–H and O–H groups in total. The highest BCUT2D eigenvalue weighted by Crippen LogP contribution is 2.28. The van der Waals surface area contributed by atoms with Crippen molar-refractivity contribution in [1.82, 2.24) is 4.98 Å². The summed E-state index contributed by atoms with van der Waals surface area (Å²) in [5, 5.41) is 0. The van der Waals surface area contributed by atoms with Crippen LogP contribution >= 0.6 is 0 Å². The van der Waals surface area contributed by atoms with Gasteiger partial charge in [-0.1, -0.05) is 13.8 Å². The molecular weight excluding hydrogens is 241 g/mol. The number of pyridine rings is 1. The molecular formula is C15H24FN3. The zero-order valence-electron chi connectivity index (χ0n) is 11.9. The Morgan fingerprint density at radius 3 is 2.89 bits per heavy atom. The van der Waals surface area contributed by atoms with Crippen LogP contribution in [0.15, 0.2) is 12.3 Å². The molecule has 2 rings (SSSR count). The van der Waals surface area contributed by atoms with Gasteiger partial charge >= 0.3 is 0 Å². The molecule has 2 heterocycles. The average Bonchev–Trinajstić information content (AvgIpc) is 2.65. The highest BCUT2D eigenvalue weighted by molar-refractivity contribution is 5.43. The van der Waals surface area contributed by atoms with Gasteiger partial charge in [-0.15, -0.1) is 0 Å². The summed E-state index contributed by atoms with van der Waals surface area (Å²) in [6.45, 7) is 6.55. The summed E-state index contributed by atoms with van der Waals surface area (Å²) in [5.74, 6) is 1.68. The average molecular weight is 265 g/mol. The fraction of sp³-hybridized carbons (Fsp3) is 0.667. The zero-order chi connectivity index (χ0) is 13.8. The van der Waals surface area contributed by atoms with Gasteiger partial charge in [-0.3, -0.25) is 0 Å². The van der Waals surface area contributed by atoms with Crippen LogP contribution in [-0.4, -0.2) is 18.1 Å². The lowest BCUT2D eigenvalue weighted by molar-refractivity contribution is 0.351. The number of rotatable bonds is 3. The molecule has 0 aromatic carbocycles. The molecule has 1 atom stereocenters. The van der Waals surface area contributed by atoms with Crippen molar-refractivity contribution >= 4 is 5.82 Å². The quantitative estimate of drug-likeness (QED) is 0.913. The van der Waals surface area contributed by atoms with Crippen molar-refractivity contribution in [1.29, 1.82) is 0 Å². The predicted octanol–water partition coefficient (Wildman–Crippen LogP) is 2.94. The van der Waals surface area contributed by atoms with Crippen molar-refractivity contribution in [2.45, 2.75) is 39.7 Å². The molecule has 1 unspecified atom stereocenters. The van der Waals surface area contributed by atoms with Gasteiger partial charge < -0.3 is 10.6 Å². The molecule has 1 aromatic rings. The number of aromatic nitrogens is 1. The SMILES string of the molecule is CC(C)C1CCCN(c2nccc(CN)c2F)CC1.